The van der Waals surface area contributed by atoms with Gasteiger partial charge in [0.2, 0.25) is 0 Å². The lowest BCUT2D eigenvalue weighted by Gasteiger charge is -2.56. The Labute approximate surface area is 299 Å². The highest BCUT2D eigenvalue weighted by atomic mass is 127. The van der Waals surface area contributed by atoms with E-state index in [0.717, 1.165) is 5.56 Å². The Kier molecular flexibility index (Phi) is 12.9. The first-order valence-corrected chi connectivity index (χ1v) is 20.6. The highest BCUT2D eigenvalue weighted by Gasteiger charge is 2.60. The lowest BCUT2D eigenvalue weighted by molar-refractivity contribution is -0.347. The van der Waals surface area contributed by atoms with E-state index in [2.05, 4.69) is 56.5 Å². The van der Waals surface area contributed by atoms with Gasteiger partial charge in [-0.25, -0.2) is 4.79 Å². The molecule has 2 aromatic carbocycles. The van der Waals surface area contributed by atoms with Gasteiger partial charge >= 0.3 is 11.9 Å². The minimum Gasteiger partial charge on any atom is -0.454 e. The quantitative estimate of drug-likeness (QED) is 0.104. The van der Waals surface area contributed by atoms with Crippen molar-refractivity contribution in [2.75, 3.05) is 7.11 Å². The Morgan fingerprint density at radius 1 is 0.875 bits per heavy atom. The second-order valence-electron chi connectivity index (χ2n) is 14.2. The Morgan fingerprint density at radius 2 is 1.46 bits per heavy atom. The SMILES string of the molecule is CO[C@@H]1[C@@H](OC(C)=O)[C@H](O[C@H]2[C@H](C)O[C@@H](OCc3ccccc3)[C@H](I)[C@]2(C)O[Si](C)(C)C(C)(C)C)O[C@H](C)[C@H]1OC(=O)c1ccccc1. The highest BCUT2D eigenvalue weighted by molar-refractivity contribution is 14.1. The highest BCUT2D eigenvalue weighted by Crippen LogP contribution is 2.47. The van der Waals surface area contributed by atoms with E-state index in [0.29, 0.717) is 12.2 Å². The van der Waals surface area contributed by atoms with Crippen LogP contribution in [-0.4, -0.2) is 86.1 Å². The van der Waals surface area contributed by atoms with Crippen LogP contribution in [0, 0.1) is 0 Å². The lowest BCUT2D eigenvalue weighted by atomic mass is 9.88. The van der Waals surface area contributed by atoms with E-state index in [1.54, 1.807) is 31.2 Å². The standard InChI is InChI=1S/C36H51IO10Si/c1-22-27(45-32(39)26-19-15-12-16-20-26)28(40-8)29(44-24(3)38)33(42-22)46-31-23(2)43-34(41-21-25-17-13-11-14-18-25)30(37)36(31,7)47-48(9,10)35(4,5)6/h11-20,22-23,27-31,33-34H,21H2,1-10H3/t22-,23+,27-,28+,29-,30+,31+,33+,34-,36+/m1/s1. The second-order valence-corrected chi connectivity index (χ2v) is 20.3. The van der Waals surface area contributed by atoms with Crippen LogP contribution in [0.5, 0.6) is 0 Å². The summed E-state index contributed by atoms with van der Waals surface area (Å²) in [5.41, 5.74) is 0.491. The molecule has 4 rings (SSSR count). The Balaban J connectivity index is 1.65. The molecule has 2 saturated heterocycles. The zero-order valence-corrected chi connectivity index (χ0v) is 32.8. The topological polar surface area (TPSA) is 108 Å². The van der Waals surface area contributed by atoms with Gasteiger partial charge in [-0.15, -0.1) is 0 Å². The predicted octanol–water partition coefficient (Wildman–Crippen LogP) is 6.83. The fraction of sp³-hybridized carbons (Fsp3) is 0.611. The van der Waals surface area contributed by atoms with Crippen LogP contribution in [-0.2, 0) is 49.0 Å². The molecular formula is C36H51IO10Si. The molecular weight excluding hydrogens is 747 g/mol. The van der Waals surface area contributed by atoms with E-state index in [9.17, 15) is 9.59 Å². The van der Waals surface area contributed by atoms with Crippen LogP contribution in [0.15, 0.2) is 60.7 Å². The molecule has 0 unspecified atom stereocenters. The number of hydrogen-bond acceptors (Lipinski definition) is 10. The van der Waals surface area contributed by atoms with E-state index in [1.165, 1.54) is 14.0 Å². The number of benzene rings is 2. The lowest BCUT2D eigenvalue weighted by Crippen LogP contribution is -2.70. The summed E-state index contributed by atoms with van der Waals surface area (Å²) >= 11 is 2.35. The van der Waals surface area contributed by atoms with Crippen molar-refractivity contribution in [3.8, 4) is 0 Å². The molecule has 12 heteroatoms. The monoisotopic (exact) mass is 798 g/mol. The van der Waals surface area contributed by atoms with Crippen molar-refractivity contribution >= 4 is 42.8 Å². The van der Waals surface area contributed by atoms with Gasteiger partial charge in [-0.3, -0.25) is 4.79 Å². The summed E-state index contributed by atoms with van der Waals surface area (Å²) in [7, 11) is -0.925. The molecule has 2 aliphatic heterocycles. The van der Waals surface area contributed by atoms with E-state index >= 15 is 0 Å². The molecule has 2 aliphatic rings. The summed E-state index contributed by atoms with van der Waals surface area (Å²) in [5.74, 6) is -1.10. The van der Waals surface area contributed by atoms with Gasteiger partial charge < -0.3 is 37.6 Å². The van der Waals surface area contributed by atoms with Gasteiger partial charge in [-0.1, -0.05) is 91.9 Å². The van der Waals surface area contributed by atoms with Crippen molar-refractivity contribution in [3.63, 3.8) is 0 Å². The van der Waals surface area contributed by atoms with Crippen molar-refractivity contribution in [1.29, 1.82) is 0 Å². The van der Waals surface area contributed by atoms with Crippen LogP contribution in [0.1, 0.15) is 64.4 Å². The predicted molar refractivity (Wildman–Crippen MR) is 191 cm³/mol. The van der Waals surface area contributed by atoms with Gasteiger partial charge in [0.05, 0.1) is 33.9 Å². The number of halogens is 1. The number of carbonyl (C=O) groups is 2. The summed E-state index contributed by atoms with van der Waals surface area (Å²) in [6.45, 7) is 18.4. The normalized spacial score (nSPS) is 32.8. The van der Waals surface area contributed by atoms with E-state index in [-0.39, 0.29) is 8.96 Å². The maximum atomic E-state index is 13.1. The van der Waals surface area contributed by atoms with Crippen molar-refractivity contribution in [2.24, 2.45) is 0 Å². The van der Waals surface area contributed by atoms with Crippen molar-refractivity contribution in [3.05, 3.63) is 71.8 Å². The molecule has 0 bridgehead atoms. The molecule has 0 aliphatic carbocycles. The zero-order chi connectivity index (χ0) is 35.4. The minimum atomic E-state index is -2.40. The van der Waals surface area contributed by atoms with Gasteiger partial charge in [0, 0.05) is 14.0 Å². The molecule has 10 atom stereocenters. The number of esters is 2. The first-order valence-electron chi connectivity index (χ1n) is 16.4. The average Bonchev–Trinajstić information content (AvgIpc) is 3.02. The summed E-state index contributed by atoms with van der Waals surface area (Å²) in [6, 6.07) is 18.6. The third kappa shape index (κ3) is 8.86. The van der Waals surface area contributed by atoms with Crippen LogP contribution in [0.3, 0.4) is 0 Å². The van der Waals surface area contributed by atoms with Crippen LogP contribution in [0.2, 0.25) is 18.1 Å². The number of hydrogen-bond donors (Lipinski definition) is 0. The van der Waals surface area contributed by atoms with Crippen LogP contribution in [0.4, 0.5) is 0 Å². The second kappa shape index (κ2) is 16.0. The van der Waals surface area contributed by atoms with E-state index in [4.69, 9.17) is 37.6 Å². The molecule has 0 N–H and O–H groups in total. The van der Waals surface area contributed by atoms with E-state index < -0.39 is 75.1 Å². The summed E-state index contributed by atoms with van der Waals surface area (Å²) < 4.78 is 50.7. The van der Waals surface area contributed by atoms with Gasteiger partial charge in [-0.05, 0) is 56.6 Å². The molecule has 0 radical (unpaired) electrons. The van der Waals surface area contributed by atoms with Gasteiger partial charge in [0.25, 0.3) is 0 Å². The summed E-state index contributed by atoms with van der Waals surface area (Å²) in [6.07, 6.45) is -6.41. The molecule has 2 fully saturated rings. The molecule has 2 heterocycles. The molecule has 0 aromatic heterocycles. The fourth-order valence-electron chi connectivity index (χ4n) is 5.93. The number of methoxy groups -OCH3 is 1. The van der Waals surface area contributed by atoms with Crippen molar-refractivity contribution in [1.82, 2.24) is 0 Å². The first kappa shape index (κ1) is 38.9. The Hall–Kier alpha value is -1.91. The number of alkyl halides is 1. The van der Waals surface area contributed by atoms with Crippen LogP contribution < -0.4 is 0 Å². The van der Waals surface area contributed by atoms with Crippen molar-refractivity contribution in [2.45, 2.75) is 132 Å². The molecule has 0 spiro atoms. The van der Waals surface area contributed by atoms with Gasteiger partial charge in [0.15, 0.2) is 33.1 Å². The molecule has 10 nitrogen and oxygen atoms in total. The first-order chi connectivity index (χ1) is 22.5. The zero-order valence-electron chi connectivity index (χ0n) is 29.6. The number of carbonyl (C=O) groups excluding carboxylic acids is 2. The third-order valence-electron chi connectivity index (χ3n) is 9.50. The van der Waals surface area contributed by atoms with Crippen molar-refractivity contribution < 1.29 is 47.2 Å². The van der Waals surface area contributed by atoms with Gasteiger partial charge in [0.1, 0.15) is 12.2 Å². The van der Waals surface area contributed by atoms with Gasteiger partial charge in [-0.2, -0.15) is 0 Å². The smallest absolute Gasteiger partial charge is 0.338 e. The Bertz CT molecular complexity index is 1360. The minimum absolute atomic E-state index is 0.105. The van der Waals surface area contributed by atoms with E-state index in [1.807, 2.05) is 50.2 Å². The molecule has 0 saturated carbocycles. The molecule has 0 amide bonds. The molecule has 2 aromatic rings. The maximum absolute atomic E-state index is 13.1. The summed E-state index contributed by atoms with van der Waals surface area (Å²) in [5, 5.41) is -0.105. The fourth-order valence-corrected chi connectivity index (χ4v) is 8.67. The Morgan fingerprint density at radius 3 is 2.02 bits per heavy atom. The average molecular weight is 799 g/mol. The van der Waals surface area contributed by atoms with Crippen LogP contribution in [0.25, 0.3) is 0 Å². The largest absolute Gasteiger partial charge is 0.454 e. The molecule has 48 heavy (non-hydrogen) atoms. The summed E-state index contributed by atoms with van der Waals surface area (Å²) in [4.78, 5) is 25.5. The maximum Gasteiger partial charge on any atom is 0.338 e. The third-order valence-corrected chi connectivity index (χ3v) is 15.9. The number of rotatable bonds is 11. The molecule has 266 valence electrons. The van der Waals surface area contributed by atoms with Crippen LogP contribution >= 0.6 is 22.6 Å². The number of ether oxygens (including phenoxy) is 7.